The zero-order chi connectivity index (χ0) is 13.7. The average Bonchev–Trinajstić information content (AvgIpc) is 2.66. The third-order valence-corrected chi connectivity index (χ3v) is 3.38. The molecule has 19 heavy (non-hydrogen) atoms. The maximum absolute atomic E-state index is 5.88. The highest BCUT2D eigenvalue weighted by molar-refractivity contribution is 5.41. The van der Waals surface area contributed by atoms with Gasteiger partial charge in [-0.2, -0.15) is 0 Å². The predicted molar refractivity (Wildman–Crippen MR) is 79.2 cm³/mol. The zero-order valence-corrected chi connectivity index (χ0v) is 12.0. The summed E-state index contributed by atoms with van der Waals surface area (Å²) >= 11 is 0. The fourth-order valence-electron chi connectivity index (χ4n) is 2.48. The standard InChI is InChI=1S/C17H23NO/c1-4-5-6-7-10-18-13-14-8-9-16-15(11-14)12-17(2,3)19-16/h1,8-9,11,18H,5-7,10,12-13H2,2-3H3. The molecule has 1 aromatic rings. The summed E-state index contributed by atoms with van der Waals surface area (Å²) in [7, 11) is 0. The highest BCUT2D eigenvalue weighted by Crippen LogP contribution is 2.35. The van der Waals surface area contributed by atoms with Gasteiger partial charge in [0.1, 0.15) is 11.4 Å². The minimum absolute atomic E-state index is 0.0520. The molecule has 0 aromatic heterocycles. The van der Waals surface area contributed by atoms with Crippen LogP contribution in [0.2, 0.25) is 0 Å². The fraction of sp³-hybridized carbons (Fsp3) is 0.529. The lowest BCUT2D eigenvalue weighted by atomic mass is 10.0. The van der Waals surface area contributed by atoms with Crippen molar-refractivity contribution in [2.24, 2.45) is 0 Å². The molecule has 102 valence electrons. The fourth-order valence-corrected chi connectivity index (χ4v) is 2.48. The van der Waals surface area contributed by atoms with Gasteiger partial charge in [0.15, 0.2) is 0 Å². The summed E-state index contributed by atoms with van der Waals surface area (Å²) in [6.07, 6.45) is 9.36. The first-order valence-corrected chi connectivity index (χ1v) is 7.06. The van der Waals surface area contributed by atoms with E-state index in [0.717, 1.165) is 44.5 Å². The summed E-state index contributed by atoms with van der Waals surface area (Å²) in [5.74, 6) is 3.71. The van der Waals surface area contributed by atoms with Crippen molar-refractivity contribution in [3.05, 3.63) is 29.3 Å². The van der Waals surface area contributed by atoms with Crippen LogP contribution in [-0.4, -0.2) is 12.1 Å². The molecule has 1 heterocycles. The van der Waals surface area contributed by atoms with Crippen LogP contribution in [0.1, 0.15) is 44.2 Å². The molecule has 0 fully saturated rings. The van der Waals surface area contributed by atoms with Crippen LogP contribution in [0, 0.1) is 12.3 Å². The van der Waals surface area contributed by atoms with Crippen LogP contribution in [0.4, 0.5) is 0 Å². The predicted octanol–water partition coefficient (Wildman–Crippen LogP) is 3.29. The Morgan fingerprint density at radius 2 is 2.21 bits per heavy atom. The van der Waals surface area contributed by atoms with Crippen molar-refractivity contribution in [3.63, 3.8) is 0 Å². The van der Waals surface area contributed by atoms with Gasteiger partial charge in [0.05, 0.1) is 0 Å². The van der Waals surface area contributed by atoms with Crippen LogP contribution in [0.3, 0.4) is 0 Å². The Kier molecular flexibility index (Phi) is 4.50. The van der Waals surface area contributed by atoms with Crippen LogP contribution >= 0.6 is 0 Å². The van der Waals surface area contributed by atoms with Crippen molar-refractivity contribution in [1.29, 1.82) is 0 Å². The smallest absolute Gasteiger partial charge is 0.123 e. The van der Waals surface area contributed by atoms with Gasteiger partial charge in [-0.25, -0.2) is 0 Å². The lowest BCUT2D eigenvalue weighted by Gasteiger charge is -2.16. The van der Waals surface area contributed by atoms with Crippen molar-refractivity contribution >= 4 is 0 Å². The van der Waals surface area contributed by atoms with Gasteiger partial charge in [-0.15, -0.1) is 12.3 Å². The van der Waals surface area contributed by atoms with Gasteiger partial charge in [-0.1, -0.05) is 12.1 Å². The molecule has 2 heteroatoms. The van der Waals surface area contributed by atoms with E-state index in [-0.39, 0.29) is 5.60 Å². The van der Waals surface area contributed by atoms with Crippen LogP contribution in [0.15, 0.2) is 18.2 Å². The Morgan fingerprint density at radius 3 is 3.00 bits per heavy atom. The molecule has 0 atom stereocenters. The number of fused-ring (bicyclic) bond motifs is 1. The first kappa shape index (κ1) is 14.0. The summed E-state index contributed by atoms with van der Waals surface area (Å²) in [4.78, 5) is 0. The van der Waals surface area contributed by atoms with Crippen molar-refractivity contribution in [1.82, 2.24) is 5.32 Å². The largest absolute Gasteiger partial charge is 0.487 e. The van der Waals surface area contributed by atoms with E-state index in [1.807, 2.05) is 0 Å². The molecule has 0 saturated heterocycles. The van der Waals surface area contributed by atoms with E-state index in [0.29, 0.717) is 0 Å². The second kappa shape index (κ2) is 6.12. The normalized spacial score (nSPS) is 15.6. The first-order valence-electron chi connectivity index (χ1n) is 7.06. The van der Waals surface area contributed by atoms with Crippen molar-refractivity contribution in [3.8, 4) is 18.1 Å². The molecule has 0 spiro atoms. The van der Waals surface area contributed by atoms with E-state index in [1.54, 1.807) is 0 Å². The molecule has 2 nitrogen and oxygen atoms in total. The third kappa shape index (κ3) is 4.01. The minimum Gasteiger partial charge on any atom is -0.487 e. The second-order valence-electron chi connectivity index (χ2n) is 5.82. The van der Waals surface area contributed by atoms with Crippen LogP contribution in [0.5, 0.6) is 5.75 Å². The van der Waals surface area contributed by atoms with E-state index in [1.165, 1.54) is 11.1 Å². The van der Waals surface area contributed by atoms with Gasteiger partial charge in [0.2, 0.25) is 0 Å². The first-order chi connectivity index (χ1) is 9.11. The maximum atomic E-state index is 5.88. The third-order valence-electron chi connectivity index (χ3n) is 3.38. The summed E-state index contributed by atoms with van der Waals surface area (Å²) in [6, 6.07) is 6.51. The number of ether oxygens (including phenoxy) is 1. The average molecular weight is 257 g/mol. The second-order valence-corrected chi connectivity index (χ2v) is 5.82. The highest BCUT2D eigenvalue weighted by atomic mass is 16.5. The molecular formula is C17H23NO. The molecule has 0 amide bonds. The molecule has 1 N–H and O–H groups in total. The molecule has 1 aliphatic rings. The van der Waals surface area contributed by atoms with E-state index < -0.39 is 0 Å². The zero-order valence-electron chi connectivity index (χ0n) is 12.0. The SMILES string of the molecule is C#CCCCCNCc1ccc2c(c1)CC(C)(C)O2. The Bertz CT molecular complexity index is 471. The number of nitrogens with one attached hydrogen (secondary N) is 1. The summed E-state index contributed by atoms with van der Waals surface area (Å²) < 4.78 is 5.88. The van der Waals surface area contributed by atoms with Crippen molar-refractivity contribution in [2.75, 3.05) is 6.54 Å². The van der Waals surface area contributed by atoms with Gasteiger partial charge in [0.25, 0.3) is 0 Å². The number of terminal acetylenes is 1. The molecule has 0 aliphatic carbocycles. The van der Waals surface area contributed by atoms with Crippen molar-refractivity contribution in [2.45, 2.75) is 51.7 Å². The van der Waals surface area contributed by atoms with Gasteiger partial charge >= 0.3 is 0 Å². The van der Waals surface area contributed by atoms with Crippen LogP contribution in [-0.2, 0) is 13.0 Å². The minimum atomic E-state index is -0.0520. The topological polar surface area (TPSA) is 21.3 Å². The summed E-state index contributed by atoms with van der Waals surface area (Å²) in [5, 5.41) is 3.46. The van der Waals surface area contributed by atoms with E-state index >= 15 is 0 Å². The summed E-state index contributed by atoms with van der Waals surface area (Å²) in [6.45, 7) is 6.22. The van der Waals surface area contributed by atoms with Crippen LogP contribution in [0.25, 0.3) is 0 Å². The lowest BCUT2D eigenvalue weighted by Crippen LogP contribution is -2.24. The van der Waals surface area contributed by atoms with E-state index in [4.69, 9.17) is 11.2 Å². The molecule has 0 unspecified atom stereocenters. The van der Waals surface area contributed by atoms with E-state index in [2.05, 4.69) is 43.3 Å². The monoisotopic (exact) mass is 257 g/mol. The highest BCUT2D eigenvalue weighted by Gasteiger charge is 2.29. The van der Waals surface area contributed by atoms with Crippen LogP contribution < -0.4 is 10.1 Å². The number of hydrogen-bond acceptors (Lipinski definition) is 2. The molecule has 2 rings (SSSR count). The molecule has 1 aromatic carbocycles. The Morgan fingerprint density at radius 1 is 1.37 bits per heavy atom. The molecule has 0 radical (unpaired) electrons. The number of rotatable bonds is 6. The number of hydrogen-bond donors (Lipinski definition) is 1. The summed E-state index contributed by atoms with van der Waals surface area (Å²) in [5.41, 5.74) is 2.61. The van der Waals surface area contributed by atoms with Crippen molar-refractivity contribution < 1.29 is 4.74 Å². The van der Waals surface area contributed by atoms with E-state index in [9.17, 15) is 0 Å². The Labute approximate surface area is 116 Å². The van der Waals surface area contributed by atoms with Gasteiger partial charge in [0, 0.05) is 19.4 Å². The molecule has 0 saturated carbocycles. The number of benzene rings is 1. The molecule has 0 bridgehead atoms. The number of unbranched alkanes of at least 4 members (excludes halogenated alkanes) is 2. The Balaban J connectivity index is 1.79. The quantitative estimate of drug-likeness (QED) is 0.623. The lowest BCUT2D eigenvalue weighted by molar-refractivity contribution is 0.138. The molecule has 1 aliphatic heterocycles. The molecular weight excluding hydrogens is 234 g/mol. The van der Waals surface area contributed by atoms with Gasteiger partial charge in [-0.05, 0) is 50.4 Å². The van der Waals surface area contributed by atoms with Gasteiger partial charge < -0.3 is 10.1 Å². The van der Waals surface area contributed by atoms with Gasteiger partial charge in [-0.3, -0.25) is 0 Å². The Hall–Kier alpha value is -1.46. The maximum Gasteiger partial charge on any atom is 0.123 e.